The number of hydrogen-bond donors (Lipinski definition) is 1. The molecule has 5 nitrogen and oxygen atoms in total. The molecule has 31 heavy (non-hydrogen) atoms. The van der Waals surface area contributed by atoms with E-state index in [4.69, 9.17) is 0 Å². The standard InChI is InChI=1S/C25H28N2O3S/c1-18-6-9-21(10-7-18)16-26-25(28)23-13-11-22(12-14-23)17-27(31(4,29)30)24-15-19(2)5-8-20(24)3/h5-15H,16-17H2,1-4H3,(H,26,28). The Morgan fingerprint density at radius 3 is 2.03 bits per heavy atom. The number of carbonyl (C=O) groups is 1. The van der Waals surface area contributed by atoms with Gasteiger partial charge in [0.05, 0.1) is 18.5 Å². The van der Waals surface area contributed by atoms with E-state index in [9.17, 15) is 13.2 Å². The smallest absolute Gasteiger partial charge is 0.251 e. The summed E-state index contributed by atoms with van der Waals surface area (Å²) in [6.45, 7) is 6.51. The van der Waals surface area contributed by atoms with Crippen LogP contribution in [0.1, 0.15) is 38.2 Å². The fraction of sp³-hybridized carbons (Fsp3) is 0.240. The maximum absolute atomic E-state index is 12.5. The van der Waals surface area contributed by atoms with Gasteiger partial charge in [-0.1, -0.05) is 54.1 Å². The number of aryl methyl sites for hydroxylation is 3. The molecule has 0 aliphatic heterocycles. The van der Waals surface area contributed by atoms with E-state index >= 15 is 0 Å². The Bertz CT molecular complexity index is 1170. The second-order valence-corrected chi connectivity index (χ2v) is 9.83. The highest BCUT2D eigenvalue weighted by atomic mass is 32.2. The van der Waals surface area contributed by atoms with Crippen LogP contribution < -0.4 is 9.62 Å². The van der Waals surface area contributed by atoms with Gasteiger partial charge in [0, 0.05) is 12.1 Å². The monoisotopic (exact) mass is 436 g/mol. The van der Waals surface area contributed by atoms with Crippen molar-refractivity contribution in [3.8, 4) is 0 Å². The fourth-order valence-electron chi connectivity index (χ4n) is 3.29. The normalized spacial score (nSPS) is 11.2. The fourth-order valence-corrected chi connectivity index (χ4v) is 4.22. The predicted molar refractivity (Wildman–Crippen MR) is 126 cm³/mol. The van der Waals surface area contributed by atoms with Crippen LogP contribution in [0.3, 0.4) is 0 Å². The molecule has 162 valence electrons. The van der Waals surface area contributed by atoms with E-state index in [1.54, 1.807) is 24.3 Å². The van der Waals surface area contributed by atoms with Crippen molar-refractivity contribution in [2.75, 3.05) is 10.6 Å². The molecule has 6 heteroatoms. The van der Waals surface area contributed by atoms with Crippen molar-refractivity contribution in [2.24, 2.45) is 0 Å². The third-order valence-corrected chi connectivity index (χ3v) is 6.28. The Balaban J connectivity index is 1.72. The van der Waals surface area contributed by atoms with Gasteiger partial charge in [0.1, 0.15) is 0 Å². The molecular weight excluding hydrogens is 408 g/mol. The summed E-state index contributed by atoms with van der Waals surface area (Å²) in [4.78, 5) is 12.5. The summed E-state index contributed by atoms with van der Waals surface area (Å²) >= 11 is 0. The zero-order valence-electron chi connectivity index (χ0n) is 18.3. The van der Waals surface area contributed by atoms with Crippen molar-refractivity contribution >= 4 is 21.6 Å². The van der Waals surface area contributed by atoms with Crippen LogP contribution in [0.5, 0.6) is 0 Å². The minimum absolute atomic E-state index is 0.165. The van der Waals surface area contributed by atoms with E-state index in [0.29, 0.717) is 17.8 Å². The lowest BCUT2D eigenvalue weighted by Gasteiger charge is -2.25. The Kier molecular flexibility index (Phi) is 6.81. The highest BCUT2D eigenvalue weighted by Gasteiger charge is 2.20. The molecule has 3 aromatic carbocycles. The van der Waals surface area contributed by atoms with Crippen LogP contribution in [0.25, 0.3) is 0 Å². The number of amides is 1. The average molecular weight is 437 g/mol. The molecule has 0 aliphatic rings. The maximum Gasteiger partial charge on any atom is 0.251 e. The molecule has 3 aromatic rings. The SMILES string of the molecule is Cc1ccc(CNC(=O)c2ccc(CN(c3cc(C)ccc3C)S(C)(=O)=O)cc2)cc1. The van der Waals surface area contributed by atoms with Crippen LogP contribution in [0.4, 0.5) is 5.69 Å². The lowest BCUT2D eigenvalue weighted by molar-refractivity contribution is 0.0951. The van der Waals surface area contributed by atoms with Gasteiger partial charge in [-0.3, -0.25) is 9.10 Å². The van der Waals surface area contributed by atoms with Crippen molar-refractivity contribution in [1.29, 1.82) is 0 Å². The summed E-state index contributed by atoms with van der Waals surface area (Å²) in [6.07, 6.45) is 1.21. The molecule has 0 bridgehead atoms. The third kappa shape index (κ3) is 5.95. The van der Waals surface area contributed by atoms with Gasteiger partial charge >= 0.3 is 0 Å². The zero-order chi connectivity index (χ0) is 22.6. The summed E-state index contributed by atoms with van der Waals surface area (Å²) in [5.74, 6) is -0.165. The van der Waals surface area contributed by atoms with Crippen LogP contribution in [-0.2, 0) is 23.1 Å². The minimum Gasteiger partial charge on any atom is -0.348 e. The molecule has 3 rings (SSSR count). The van der Waals surface area contributed by atoms with Gasteiger partial charge in [-0.2, -0.15) is 0 Å². The van der Waals surface area contributed by atoms with E-state index in [1.165, 1.54) is 16.1 Å². The van der Waals surface area contributed by atoms with Gasteiger partial charge in [-0.15, -0.1) is 0 Å². The van der Waals surface area contributed by atoms with Gasteiger partial charge in [-0.05, 0) is 61.2 Å². The predicted octanol–water partition coefficient (Wildman–Crippen LogP) is 4.51. The van der Waals surface area contributed by atoms with Crippen LogP contribution in [0.15, 0.2) is 66.7 Å². The van der Waals surface area contributed by atoms with Crippen LogP contribution in [-0.4, -0.2) is 20.6 Å². The lowest BCUT2D eigenvalue weighted by Crippen LogP contribution is -2.30. The van der Waals surface area contributed by atoms with E-state index in [1.807, 2.05) is 63.2 Å². The summed E-state index contributed by atoms with van der Waals surface area (Å²) in [7, 11) is -3.47. The first kappa shape index (κ1) is 22.6. The number of carbonyl (C=O) groups excluding carboxylic acids is 1. The first-order chi connectivity index (χ1) is 14.6. The minimum atomic E-state index is -3.47. The molecule has 0 fully saturated rings. The van der Waals surface area contributed by atoms with Gasteiger partial charge < -0.3 is 5.32 Å². The molecule has 0 heterocycles. The first-order valence-electron chi connectivity index (χ1n) is 10.1. The largest absolute Gasteiger partial charge is 0.348 e. The van der Waals surface area contributed by atoms with Crippen molar-refractivity contribution < 1.29 is 13.2 Å². The van der Waals surface area contributed by atoms with Crippen molar-refractivity contribution in [2.45, 2.75) is 33.9 Å². The van der Waals surface area contributed by atoms with Crippen LogP contribution >= 0.6 is 0 Å². The van der Waals surface area contributed by atoms with Crippen LogP contribution in [0.2, 0.25) is 0 Å². The molecule has 0 spiro atoms. The zero-order valence-corrected chi connectivity index (χ0v) is 19.2. The molecule has 1 amide bonds. The van der Waals surface area contributed by atoms with Gasteiger partial charge in [-0.25, -0.2) is 8.42 Å². The quantitative estimate of drug-likeness (QED) is 0.593. The van der Waals surface area contributed by atoms with Gasteiger partial charge in [0.25, 0.3) is 5.91 Å². The van der Waals surface area contributed by atoms with Gasteiger partial charge in [0.2, 0.25) is 10.0 Å². The molecule has 0 atom stereocenters. The molecule has 0 saturated heterocycles. The molecule has 0 saturated carbocycles. The number of rotatable bonds is 7. The molecule has 1 N–H and O–H groups in total. The van der Waals surface area contributed by atoms with Crippen molar-refractivity contribution in [3.63, 3.8) is 0 Å². The number of benzene rings is 3. The van der Waals surface area contributed by atoms with Crippen molar-refractivity contribution in [3.05, 3.63) is 100 Å². The number of nitrogens with one attached hydrogen (secondary N) is 1. The van der Waals surface area contributed by atoms with Crippen molar-refractivity contribution in [1.82, 2.24) is 5.32 Å². The first-order valence-corrected chi connectivity index (χ1v) is 12.0. The second-order valence-electron chi connectivity index (χ2n) is 7.92. The molecular formula is C25H28N2O3S. The molecule has 0 radical (unpaired) electrons. The molecule has 0 aromatic heterocycles. The summed E-state index contributed by atoms with van der Waals surface area (Å²) < 4.78 is 26.4. The Hall–Kier alpha value is -3.12. The Morgan fingerprint density at radius 1 is 0.839 bits per heavy atom. The summed E-state index contributed by atoms with van der Waals surface area (Å²) in [5, 5.41) is 2.91. The second kappa shape index (κ2) is 9.35. The van der Waals surface area contributed by atoms with E-state index < -0.39 is 10.0 Å². The highest BCUT2D eigenvalue weighted by Crippen LogP contribution is 2.26. The molecule has 0 aliphatic carbocycles. The third-order valence-electron chi connectivity index (χ3n) is 5.15. The van der Waals surface area contributed by atoms with Gasteiger partial charge in [0.15, 0.2) is 0 Å². The van der Waals surface area contributed by atoms with E-state index in [-0.39, 0.29) is 12.5 Å². The topological polar surface area (TPSA) is 66.5 Å². The van der Waals surface area contributed by atoms with E-state index in [2.05, 4.69) is 5.32 Å². The number of anilines is 1. The summed E-state index contributed by atoms with van der Waals surface area (Å²) in [5.41, 5.74) is 6.11. The van der Waals surface area contributed by atoms with E-state index in [0.717, 1.165) is 22.3 Å². The number of hydrogen-bond acceptors (Lipinski definition) is 3. The number of nitrogens with zero attached hydrogens (tertiary/aromatic N) is 1. The Labute approximate surface area is 184 Å². The van der Waals surface area contributed by atoms with Crippen LogP contribution in [0, 0.1) is 20.8 Å². The summed E-state index contributed by atoms with van der Waals surface area (Å²) in [6, 6.07) is 20.8. The highest BCUT2D eigenvalue weighted by molar-refractivity contribution is 7.92. The molecule has 0 unspecified atom stereocenters. The Morgan fingerprint density at radius 2 is 1.42 bits per heavy atom. The lowest BCUT2D eigenvalue weighted by atomic mass is 10.1. The average Bonchev–Trinajstić information content (AvgIpc) is 2.73. The number of sulfonamides is 1. The maximum atomic E-state index is 12.5.